The van der Waals surface area contributed by atoms with Gasteiger partial charge in [0, 0.05) is 12.1 Å². The maximum Gasteiger partial charge on any atom is 0.156 e. The average Bonchev–Trinajstić information content (AvgIpc) is 2.47. The smallest absolute Gasteiger partial charge is 0.156 e. The minimum atomic E-state index is -0.825. The summed E-state index contributed by atoms with van der Waals surface area (Å²) in [4.78, 5) is 0. The van der Waals surface area contributed by atoms with Crippen LogP contribution in [0.25, 0.3) is 0 Å². The van der Waals surface area contributed by atoms with Gasteiger partial charge in [-0.05, 0) is 52.0 Å². The van der Waals surface area contributed by atoms with Crippen molar-refractivity contribution in [2.75, 3.05) is 5.32 Å². The number of benzene rings is 1. The van der Waals surface area contributed by atoms with Crippen molar-refractivity contribution in [3.63, 3.8) is 0 Å². The first kappa shape index (κ1) is 13.8. The molecule has 1 aromatic rings. The van der Waals surface area contributed by atoms with Crippen molar-refractivity contribution in [1.29, 1.82) is 5.26 Å². The second kappa shape index (κ2) is 4.21. The van der Waals surface area contributed by atoms with E-state index in [4.69, 9.17) is 4.74 Å². The molecule has 2 rings (SSSR count). The lowest BCUT2D eigenvalue weighted by Gasteiger charge is -2.35. The summed E-state index contributed by atoms with van der Waals surface area (Å²) in [5, 5.41) is 12.9. The van der Waals surface area contributed by atoms with E-state index < -0.39 is 11.1 Å². The molecule has 1 heterocycles. The molecule has 0 bridgehead atoms. The first-order chi connectivity index (χ1) is 8.70. The molecule has 4 heteroatoms. The van der Waals surface area contributed by atoms with E-state index in [2.05, 4.69) is 11.4 Å². The molecule has 1 atom stereocenters. The molecule has 0 aromatic heterocycles. The Bertz CT molecular complexity index is 516. The molecule has 1 fully saturated rings. The van der Waals surface area contributed by atoms with Crippen LogP contribution in [0.5, 0.6) is 0 Å². The SMILES string of the molecule is CC1(C)CC(C#N)(Nc2ccc(F)cc2)C(C)(C)O1. The lowest BCUT2D eigenvalue weighted by atomic mass is 9.80. The molecule has 0 aliphatic carbocycles. The topological polar surface area (TPSA) is 45.0 Å². The van der Waals surface area contributed by atoms with Crippen LogP contribution in [-0.2, 0) is 4.74 Å². The van der Waals surface area contributed by atoms with Crippen molar-refractivity contribution in [1.82, 2.24) is 0 Å². The van der Waals surface area contributed by atoms with E-state index >= 15 is 0 Å². The van der Waals surface area contributed by atoms with E-state index in [9.17, 15) is 9.65 Å². The maximum absolute atomic E-state index is 12.9. The highest BCUT2D eigenvalue weighted by Crippen LogP contribution is 2.46. The molecule has 1 unspecified atom stereocenters. The van der Waals surface area contributed by atoms with Crippen LogP contribution in [0.4, 0.5) is 10.1 Å². The second-order valence-electron chi connectivity index (χ2n) is 6.20. The van der Waals surface area contributed by atoms with Gasteiger partial charge in [-0.2, -0.15) is 5.26 Å². The Kier molecular flexibility index (Phi) is 3.06. The fourth-order valence-corrected chi connectivity index (χ4v) is 2.84. The zero-order valence-corrected chi connectivity index (χ0v) is 11.7. The van der Waals surface area contributed by atoms with Crippen molar-refractivity contribution in [2.45, 2.75) is 50.9 Å². The quantitative estimate of drug-likeness (QED) is 0.887. The Morgan fingerprint density at radius 1 is 1.21 bits per heavy atom. The van der Waals surface area contributed by atoms with Gasteiger partial charge in [0.25, 0.3) is 0 Å². The summed E-state index contributed by atoms with van der Waals surface area (Å²) in [7, 11) is 0. The van der Waals surface area contributed by atoms with Gasteiger partial charge in [-0.25, -0.2) is 4.39 Å². The van der Waals surface area contributed by atoms with Crippen LogP contribution in [0.3, 0.4) is 0 Å². The number of nitrogens with one attached hydrogen (secondary N) is 1. The molecular formula is C15H19FN2O. The van der Waals surface area contributed by atoms with E-state index in [1.165, 1.54) is 12.1 Å². The molecule has 3 nitrogen and oxygen atoms in total. The Labute approximate surface area is 113 Å². The summed E-state index contributed by atoms with van der Waals surface area (Å²) in [6.07, 6.45) is 0.570. The zero-order valence-electron chi connectivity index (χ0n) is 11.7. The van der Waals surface area contributed by atoms with Crippen LogP contribution < -0.4 is 5.32 Å². The summed E-state index contributed by atoms with van der Waals surface area (Å²) < 4.78 is 18.9. The molecule has 1 N–H and O–H groups in total. The molecular weight excluding hydrogens is 243 g/mol. The van der Waals surface area contributed by atoms with Crippen molar-refractivity contribution in [3.05, 3.63) is 30.1 Å². The summed E-state index contributed by atoms with van der Waals surface area (Å²) in [5.74, 6) is -0.293. The highest BCUT2D eigenvalue weighted by molar-refractivity contribution is 5.50. The molecule has 0 saturated carbocycles. The van der Waals surface area contributed by atoms with Gasteiger partial charge < -0.3 is 10.1 Å². The lowest BCUT2D eigenvalue weighted by molar-refractivity contribution is -0.0713. The number of ether oxygens (including phenoxy) is 1. The normalized spacial score (nSPS) is 27.8. The van der Waals surface area contributed by atoms with Gasteiger partial charge in [-0.3, -0.25) is 0 Å². The molecule has 19 heavy (non-hydrogen) atoms. The summed E-state index contributed by atoms with van der Waals surface area (Å²) in [6, 6.07) is 8.38. The van der Waals surface area contributed by atoms with Crippen LogP contribution >= 0.6 is 0 Å². The van der Waals surface area contributed by atoms with Crippen LogP contribution in [0.1, 0.15) is 34.1 Å². The fraction of sp³-hybridized carbons (Fsp3) is 0.533. The average molecular weight is 262 g/mol. The third kappa shape index (κ3) is 2.43. The lowest BCUT2D eigenvalue weighted by Crippen LogP contribution is -2.51. The largest absolute Gasteiger partial charge is 0.366 e. The number of nitriles is 1. The fourth-order valence-electron chi connectivity index (χ4n) is 2.84. The maximum atomic E-state index is 12.9. The minimum Gasteiger partial charge on any atom is -0.366 e. The number of hydrogen-bond donors (Lipinski definition) is 1. The Morgan fingerprint density at radius 2 is 1.79 bits per heavy atom. The Balaban J connectivity index is 2.34. The van der Waals surface area contributed by atoms with E-state index in [1.807, 2.05) is 27.7 Å². The Hall–Kier alpha value is -1.60. The third-order valence-corrected chi connectivity index (χ3v) is 3.64. The Morgan fingerprint density at radius 3 is 2.21 bits per heavy atom. The van der Waals surface area contributed by atoms with E-state index in [-0.39, 0.29) is 11.4 Å². The molecule has 0 amide bonds. The summed E-state index contributed by atoms with van der Waals surface area (Å²) in [6.45, 7) is 7.75. The van der Waals surface area contributed by atoms with Crippen LogP contribution in [0, 0.1) is 17.1 Å². The monoisotopic (exact) mass is 262 g/mol. The van der Waals surface area contributed by atoms with Gasteiger partial charge in [-0.1, -0.05) is 0 Å². The predicted molar refractivity (Wildman–Crippen MR) is 72.2 cm³/mol. The van der Waals surface area contributed by atoms with Crippen molar-refractivity contribution in [3.8, 4) is 6.07 Å². The number of hydrogen-bond acceptors (Lipinski definition) is 3. The number of rotatable bonds is 2. The number of nitrogens with zero attached hydrogens (tertiary/aromatic N) is 1. The van der Waals surface area contributed by atoms with Crippen molar-refractivity contribution < 1.29 is 9.13 Å². The molecule has 1 saturated heterocycles. The molecule has 0 spiro atoms. The third-order valence-electron chi connectivity index (χ3n) is 3.64. The molecule has 1 aliphatic rings. The molecule has 102 valence electrons. The van der Waals surface area contributed by atoms with Crippen LogP contribution in [-0.4, -0.2) is 16.7 Å². The van der Waals surface area contributed by atoms with Gasteiger partial charge in [0.15, 0.2) is 5.54 Å². The van der Waals surface area contributed by atoms with E-state index in [1.54, 1.807) is 12.1 Å². The van der Waals surface area contributed by atoms with Crippen molar-refractivity contribution >= 4 is 5.69 Å². The van der Waals surface area contributed by atoms with E-state index in [0.717, 1.165) is 5.69 Å². The van der Waals surface area contributed by atoms with E-state index in [0.29, 0.717) is 6.42 Å². The first-order valence-corrected chi connectivity index (χ1v) is 6.35. The standard InChI is InChI=1S/C15H19FN2O/c1-13(2)9-15(10-17,14(3,4)19-13)18-12-7-5-11(16)6-8-12/h5-8,18H,9H2,1-4H3. The summed E-state index contributed by atoms with van der Waals surface area (Å²) in [5.41, 5.74) is -1.10. The van der Waals surface area contributed by atoms with Gasteiger partial charge in [0.2, 0.25) is 0 Å². The molecule has 0 radical (unpaired) electrons. The van der Waals surface area contributed by atoms with Crippen LogP contribution in [0.2, 0.25) is 0 Å². The van der Waals surface area contributed by atoms with Gasteiger partial charge in [0.05, 0.1) is 17.3 Å². The van der Waals surface area contributed by atoms with Gasteiger partial charge in [0.1, 0.15) is 5.82 Å². The molecule has 1 aliphatic heterocycles. The minimum absolute atomic E-state index is 0.293. The predicted octanol–water partition coefficient (Wildman–Crippen LogP) is 3.48. The van der Waals surface area contributed by atoms with Gasteiger partial charge >= 0.3 is 0 Å². The second-order valence-corrected chi connectivity index (χ2v) is 6.20. The summed E-state index contributed by atoms with van der Waals surface area (Å²) >= 11 is 0. The highest BCUT2D eigenvalue weighted by atomic mass is 19.1. The zero-order chi connectivity index (χ0) is 14.3. The molecule has 1 aromatic carbocycles. The van der Waals surface area contributed by atoms with Gasteiger partial charge in [-0.15, -0.1) is 0 Å². The number of anilines is 1. The van der Waals surface area contributed by atoms with Crippen LogP contribution in [0.15, 0.2) is 24.3 Å². The van der Waals surface area contributed by atoms with Crippen molar-refractivity contribution in [2.24, 2.45) is 0 Å². The first-order valence-electron chi connectivity index (χ1n) is 6.35. The number of halogens is 1. The highest BCUT2D eigenvalue weighted by Gasteiger charge is 2.58.